The SMILES string of the molecule is O=C(N/N=C\c1cc(Br)c(Sc2ccccc2)o1)c1cccc(Cl)c1. The van der Waals surface area contributed by atoms with Crippen LogP contribution in [0.5, 0.6) is 0 Å². The van der Waals surface area contributed by atoms with Gasteiger partial charge in [-0.1, -0.05) is 47.6 Å². The fourth-order valence-corrected chi connectivity index (χ4v) is 3.49. The Bertz CT molecular complexity index is 912. The van der Waals surface area contributed by atoms with Crippen LogP contribution in [0.25, 0.3) is 0 Å². The van der Waals surface area contributed by atoms with Crippen LogP contribution >= 0.6 is 39.3 Å². The summed E-state index contributed by atoms with van der Waals surface area (Å²) in [7, 11) is 0. The summed E-state index contributed by atoms with van der Waals surface area (Å²) in [6.45, 7) is 0. The molecule has 1 heterocycles. The minimum absolute atomic E-state index is 0.344. The number of hydrazone groups is 1. The normalized spacial score (nSPS) is 11.0. The number of carbonyl (C=O) groups is 1. The van der Waals surface area contributed by atoms with Crippen LogP contribution in [0.2, 0.25) is 5.02 Å². The minimum atomic E-state index is -0.344. The fourth-order valence-electron chi connectivity index (χ4n) is 1.95. The molecular formula is C18H12BrClN2O2S. The first-order chi connectivity index (χ1) is 12.1. The van der Waals surface area contributed by atoms with E-state index in [9.17, 15) is 4.79 Å². The molecule has 0 aliphatic rings. The average molecular weight is 436 g/mol. The Kier molecular flexibility index (Phi) is 5.96. The van der Waals surface area contributed by atoms with Gasteiger partial charge in [0.05, 0.1) is 10.7 Å². The van der Waals surface area contributed by atoms with Crippen LogP contribution in [0.4, 0.5) is 0 Å². The van der Waals surface area contributed by atoms with E-state index in [1.165, 1.54) is 18.0 Å². The van der Waals surface area contributed by atoms with E-state index in [-0.39, 0.29) is 5.91 Å². The second kappa shape index (κ2) is 8.38. The van der Waals surface area contributed by atoms with E-state index in [0.29, 0.717) is 21.4 Å². The molecular weight excluding hydrogens is 424 g/mol. The van der Waals surface area contributed by atoms with Gasteiger partial charge in [0.15, 0.2) is 5.09 Å². The van der Waals surface area contributed by atoms with Gasteiger partial charge in [-0.3, -0.25) is 4.79 Å². The standard InChI is InChI=1S/C18H12BrClN2O2S/c19-16-10-14(24-18(16)25-15-7-2-1-3-8-15)11-21-22-17(23)12-5-4-6-13(20)9-12/h1-11H,(H,22,23)/b21-11-. The van der Waals surface area contributed by atoms with E-state index < -0.39 is 0 Å². The monoisotopic (exact) mass is 434 g/mol. The number of benzene rings is 2. The molecule has 0 spiro atoms. The number of hydrogen-bond donors (Lipinski definition) is 1. The largest absolute Gasteiger partial charge is 0.447 e. The van der Waals surface area contributed by atoms with Crippen LogP contribution in [-0.2, 0) is 0 Å². The molecule has 0 unspecified atom stereocenters. The first kappa shape index (κ1) is 17.8. The van der Waals surface area contributed by atoms with Gasteiger partial charge < -0.3 is 4.42 Å². The molecule has 25 heavy (non-hydrogen) atoms. The van der Waals surface area contributed by atoms with E-state index in [2.05, 4.69) is 26.5 Å². The summed E-state index contributed by atoms with van der Waals surface area (Å²) < 4.78 is 6.54. The number of nitrogens with one attached hydrogen (secondary N) is 1. The molecule has 0 aliphatic heterocycles. The number of halogens is 2. The van der Waals surface area contributed by atoms with Gasteiger partial charge in [0, 0.05) is 21.5 Å². The minimum Gasteiger partial charge on any atom is -0.447 e. The molecule has 0 saturated heterocycles. The van der Waals surface area contributed by atoms with Crippen LogP contribution < -0.4 is 5.43 Å². The zero-order valence-electron chi connectivity index (χ0n) is 12.8. The molecule has 0 bridgehead atoms. The second-order valence-corrected chi connectivity index (χ2v) is 7.25. The molecule has 1 amide bonds. The van der Waals surface area contributed by atoms with Gasteiger partial charge in [0.2, 0.25) is 0 Å². The van der Waals surface area contributed by atoms with Crippen molar-refractivity contribution in [2.24, 2.45) is 5.10 Å². The van der Waals surface area contributed by atoms with Crippen LogP contribution in [0.1, 0.15) is 16.1 Å². The van der Waals surface area contributed by atoms with E-state index in [1.54, 1.807) is 30.3 Å². The topological polar surface area (TPSA) is 54.6 Å². The number of nitrogens with zero attached hydrogens (tertiary/aromatic N) is 1. The molecule has 126 valence electrons. The number of amides is 1. The average Bonchev–Trinajstić information content (AvgIpc) is 2.95. The van der Waals surface area contributed by atoms with Crippen LogP contribution in [0, 0.1) is 0 Å². The zero-order chi connectivity index (χ0) is 17.6. The summed E-state index contributed by atoms with van der Waals surface area (Å²) in [4.78, 5) is 13.0. The second-order valence-electron chi connectivity index (χ2n) is 4.91. The predicted molar refractivity (Wildman–Crippen MR) is 103 cm³/mol. The lowest BCUT2D eigenvalue weighted by Crippen LogP contribution is -2.17. The molecule has 1 aromatic heterocycles. The Morgan fingerprint density at radius 3 is 2.72 bits per heavy atom. The van der Waals surface area contributed by atoms with Gasteiger partial charge in [0.25, 0.3) is 5.91 Å². The van der Waals surface area contributed by atoms with Crippen molar-refractivity contribution in [3.05, 3.63) is 81.5 Å². The Morgan fingerprint density at radius 1 is 1.16 bits per heavy atom. The van der Waals surface area contributed by atoms with Crippen LogP contribution in [0.15, 0.2) is 84.6 Å². The Labute approximate surface area is 162 Å². The molecule has 7 heteroatoms. The van der Waals surface area contributed by atoms with Crippen molar-refractivity contribution in [3.8, 4) is 0 Å². The summed E-state index contributed by atoms with van der Waals surface area (Å²) in [6.07, 6.45) is 1.45. The summed E-state index contributed by atoms with van der Waals surface area (Å²) in [5.41, 5.74) is 2.88. The van der Waals surface area contributed by atoms with E-state index >= 15 is 0 Å². The Balaban J connectivity index is 1.64. The van der Waals surface area contributed by atoms with Gasteiger partial charge in [-0.15, -0.1) is 0 Å². The van der Waals surface area contributed by atoms with Gasteiger partial charge in [0.1, 0.15) is 5.76 Å². The lowest BCUT2D eigenvalue weighted by molar-refractivity contribution is 0.0955. The highest BCUT2D eigenvalue weighted by atomic mass is 79.9. The lowest BCUT2D eigenvalue weighted by Gasteiger charge is -1.99. The van der Waals surface area contributed by atoms with Gasteiger partial charge in [-0.25, -0.2) is 5.43 Å². The number of carbonyl (C=O) groups excluding carboxylic acids is 1. The van der Waals surface area contributed by atoms with Gasteiger partial charge in [-0.05, 0) is 46.3 Å². The third-order valence-electron chi connectivity index (χ3n) is 3.07. The van der Waals surface area contributed by atoms with Crippen molar-refractivity contribution in [1.29, 1.82) is 0 Å². The van der Waals surface area contributed by atoms with E-state index in [1.807, 2.05) is 30.3 Å². The molecule has 0 fully saturated rings. The molecule has 0 atom stereocenters. The van der Waals surface area contributed by atoms with Crippen molar-refractivity contribution in [2.75, 3.05) is 0 Å². The summed E-state index contributed by atoms with van der Waals surface area (Å²) in [5.74, 6) is 0.181. The van der Waals surface area contributed by atoms with Crippen LogP contribution in [0.3, 0.4) is 0 Å². The van der Waals surface area contributed by atoms with Crippen molar-refractivity contribution in [2.45, 2.75) is 9.99 Å². The van der Waals surface area contributed by atoms with Crippen molar-refractivity contribution < 1.29 is 9.21 Å². The highest BCUT2D eigenvalue weighted by molar-refractivity contribution is 9.10. The molecule has 4 nitrogen and oxygen atoms in total. The third kappa shape index (κ3) is 4.98. The summed E-state index contributed by atoms with van der Waals surface area (Å²) in [5, 5.41) is 5.13. The van der Waals surface area contributed by atoms with Crippen LogP contribution in [-0.4, -0.2) is 12.1 Å². The third-order valence-corrected chi connectivity index (χ3v) is 5.16. The molecule has 0 saturated carbocycles. The van der Waals surface area contributed by atoms with E-state index in [0.717, 1.165) is 9.37 Å². The molecule has 2 aromatic carbocycles. The zero-order valence-corrected chi connectivity index (χ0v) is 15.9. The Hall–Kier alpha value is -2.02. The molecule has 3 rings (SSSR count). The van der Waals surface area contributed by atoms with Gasteiger partial charge in [-0.2, -0.15) is 5.10 Å². The molecule has 3 aromatic rings. The predicted octanol–water partition coefficient (Wildman–Crippen LogP) is 5.61. The lowest BCUT2D eigenvalue weighted by atomic mass is 10.2. The first-order valence-electron chi connectivity index (χ1n) is 7.23. The molecule has 0 aliphatic carbocycles. The van der Waals surface area contributed by atoms with Crippen molar-refractivity contribution in [1.82, 2.24) is 5.43 Å². The number of furan rings is 1. The summed E-state index contributed by atoms with van der Waals surface area (Å²) in [6, 6.07) is 18.3. The Morgan fingerprint density at radius 2 is 1.96 bits per heavy atom. The van der Waals surface area contributed by atoms with Gasteiger partial charge >= 0.3 is 0 Å². The maximum absolute atomic E-state index is 12.0. The first-order valence-corrected chi connectivity index (χ1v) is 9.22. The number of rotatable bonds is 5. The quantitative estimate of drug-likeness (QED) is 0.418. The maximum atomic E-state index is 12.0. The van der Waals surface area contributed by atoms with Crippen molar-refractivity contribution >= 4 is 51.4 Å². The fraction of sp³-hybridized carbons (Fsp3) is 0. The summed E-state index contributed by atoms with van der Waals surface area (Å²) >= 11 is 10.8. The molecule has 0 radical (unpaired) electrons. The van der Waals surface area contributed by atoms with E-state index in [4.69, 9.17) is 16.0 Å². The maximum Gasteiger partial charge on any atom is 0.271 e. The number of hydrogen-bond acceptors (Lipinski definition) is 4. The smallest absolute Gasteiger partial charge is 0.271 e. The highest BCUT2D eigenvalue weighted by Crippen LogP contribution is 2.35. The highest BCUT2D eigenvalue weighted by Gasteiger charge is 2.10. The molecule has 1 N–H and O–H groups in total. The van der Waals surface area contributed by atoms with Crippen molar-refractivity contribution in [3.63, 3.8) is 0 Å².